The summed E-state index contributed by atoms with van der Waals surface area (Å²) in [4.78, 5) is 31.2. The first-order valence-corrected chi connectivity index (χ1v) is 8.32. The molecule has 27 heavy (non-hydrogen) atoms. The van der Waals surface area contributed by atoms with E-state index in [1.165, 1.54) is 0 Å². The number of nitrogens with one attached hydrogen (secondary N) is 2. The van der Waals surface area contributed by atoms with Gasteiger partial charge < -0.3 is 15.0 Å². The highest BCUT2D eigenvalue weighted by atomic mass is 16.5. The van der Waals surface area contributed by atoms with E-state index in [2.05, 4.69) is 15.3 Å². The minimum atomic E-state index is -0.491. The van der Waals surface area contributed by atoms with Crippen LogP contribution in [0.15, 0.2) is 83.7 Å². The fraction of sp³-hybridized carbons (Fsp3) is 0. The predicted molar refractivity (Wildman–Crippen MR) is 103 cm³/mol. The fourth-order valence-corrected chi connectivity index (χ4v) is 2.62. The van der Waals surface area contributed by atoms with Crippen LogP contribution in [0.1, 0.15) is 10.6 Å². The van der Waals surface area contributed by atoms with Crippen molar-refractivity contribution in [2.24, 2.45) is 0 Å². The molecule has 3 aromatic carbocycles. The van der Waals surface area contributed by atoms with E-state index in [-0.39, 0.29) is 11.4 Å². The van der Waals surface area contributed by atoms with Crippen LogP contribution in [-0.4, -0.2) is 15.9 Å². The lowest BCUT2D eigenvalue weighted by Crippen LogP contribution is -2.21. The van der Waals surface area contributed by atoms with Crippen LogP contribution >= 0.6 is 0 Å². The molecule has 1 heterocycles. The Morgan fingerprint density at radius 2 is 1.52 bits per heavy atom. The molecule has 0 fully saturated rings. The van der Waals surface area contributed by atoms with Gasteiger partial charge in [0.2, 0.25) is 0 Å². The highest BCUT2D eigenvalue weighted by Gasteiger charge is 2.11. The molecule has 2 N–H and O–H groups in total. The van der Waals surface area contributed by atoms with Gasteiger partial charge >= 0.3 is 0 Å². The van der Waals surface area contributed by atoms with Crippen molar-refractivity contribution in [1.82, 2.24) is 9.97 Å². The maximum atomic E-state index is 12.4. The summed E-state index contributed by atoms with van der Waals surface area (Å²) in [6.07, 6.45) is 0. The molecule has 1 amide bonds. The summed E-state index contributed by atoms with van der Waals surface area (Å²) in [6, 6.07) is 23.2. The number of carbonyl (C=O) groups is 1. The SMILES string of the molecule is O=C(Nc1ccc(Oc2ccccc2)cc1)c1nc2ccccc2c(=O)[nH]1. The molecule has 0 saturated carbocycles. The minimum Gasteiger partial charge on any atom is -0.457 e. The van der Waals surface area contributed by atoms with Crippen molar-refractivity contribution in [2.75, 3.05) is 5.32 Å². The Labute approximate surface area is 154 Å². The molecule has 0 atom stereocenters. The number of para-hydroxylation sites is 2. The number of benzene rings is 3. The molecule has 0 radical (unpaired) electrons. The number of ether oxygens (including phenoxy) is 1. The zero-order valence-electron chi connectivity index (χ0n) is 14.2. The summed E-state index contributed by atoms with van der Waals surface area (Å²) in [6.45, 7) is 0. The lowest BCUT2D eigenvalue weighted by atomic mass is 10.2. The van der Waals surface area contributed by atoms with Crippen molar-refractivity contribution in [3.63, 3.8) is 0 Å². The van der Waals surface area contributed by atoms with E-state index in [4.69, 9.17) is 4.74 Å². The molecule has 0 aliphatic heterocycles. The van der Waals surface area contributed by atoms with E-state index in [1.54, 1.807) is 48.5 Å². The molecule has 0 bridgehead atoms. The van der Waals surface area contributed by atoms with Crippen molar-refractivity contribution >= 4 is 22.5 Å². The van der Waals surface area contributed by atoms with Crippen molar-refractivity contribution in [1.29, 1.82) is 0 Å². The lowest BCUT2D eigenvalue weighted by molar-refractivity contribution is 0.101. The van der Waals surface area contributed by atoms with E-state index in [1.807, 2.05) is 30.3 Å². The van der Waals surface area contributed by atoms with Gasteiger partial charge in [-0.3, -0.25) is 9.59 Å². The van der Waals surface area contributed by atoms with Crippen LogP contribution in [0.3, 0.4) is 0 Å². The fourth-order valence-electron chi connectivity index (χ4n) is 2.62. The Balaban J connectivity index is 1.50. The monoisotopic (exact) mass is 357 g/mol. The van der Waals surface area contributed by atoms with Gasteiger partial charge in [-0.2, -0.15) is 0 Å². The molecule has 0 aliphatic carbocycles. The first kappa shape index (κ1) is 16.5. The topological polar surface area (TPSA) is 84.1 Å². The smallest absolute Gasteiger partial charge is 0.291 e. The minimum absolute atomic E-state index is 0.0386. The van der Waals surface area contributed by atoms with Crippen molar-refractivity contribution < 1.29 is 9.53 Å². The van der Waals surface area contributed by atoms with Gasteiger partial charge in [0.15, 0.2) is 5.82 Å². The number of fused-ring (bicyclic) bond motifs is 1. The second-order valence-electron chi connectivity index (χ2n) is 5.83. The third-order valence-corrected chi connectivity index (χ3v) is 3.92. The lowest BCUT2D eigenvalue weighted by Gasteiger charge is -2.08. The molecule has 4 aromatic rings. The molecular weight excluding hydrogens is 342 g/mol. The molecule has 132 valence electrons. The predicted octanol–water partition coefficient (Wildman–Crippen LogP) is 3.97. The Bertz CT molecular complexity index is 1150. The van der Waals surface area contributed by atoms with Gasteiger partial charge in [-0.05, 0) is 48.5 Å². The van der Waals surface area contributed by atoms with Crippen LogP contribution in [0, 0.1) is 0 Å². The number of H-pyrrole nitrogens is 1. The Morgan fingerprint density at radius 1 is 0.852 bits per heavy atom. The second kappa shape index (κ2) is 7.13. The van der Waals surface area contributed by atoms with E-state index in [0.29, 0.717) is 22.3 Å². The summed E-state index contributed by atoms with van der Waals surface area (Å²) in [7, 11) is 0. The Hall–Kier alpha value is -3.93. The zero-order chi connectivity index (χ0) is 18.6. The number of nitrogens with zero attached hydrogens (tertiary/aromatic N) is 1. The van der Waals surface area contributed by atoms with Crippen molar-refractivity contribution in [2.45, 2.75) is 0 Å². The van der Waals surface area contributed by atoms with Crippen LogP contribution in [0.4, 0.5) is 5.69 Å². The second-order valence-corrected chi connectivity index (χ2v) is 5.83. The normalized spacial score (nSPS) is 10.5. The third-order valence-electron chi connectivity index (χ3n) is 3.92. The largest absolute Gasteiger partial charge is 0.457 e. The summed E-state index contributed by atoms with van der Waals surface area (Å²) < 4.78 is 5.71. The number of hydrogen-bond donors (Lipinski definition) is 2. The Morgan fingerprint density at radius 3 is 2.30 bits per heavy atom. The summed E-state index contributed by atoms with van der Waals surface area (Å²) in [5, 5.41) is 3.16. The van der Waals surface area contributed by atoms with Crippen LogP contribution in [0.2, 0.25) is 0 Å². The van der Waals surface area contributed by atoms with E-state index in [9.17, 15) is 9.59 Å². The molecular formula is C21H15N3O3. The van der Waals surface area contributed by atoms with Gasteiger partial charge in [0.25, 0.3) is 11.5 Å². The molecule has 0 spiro atoms. The molecule has 0 unspecified atom stereocenters. The first-order chi connectivity index (χ1) is 13.2. The molecule has 6 heteroatoms. The first-order valence-electron chi connectivity index (χ1n) is 8.32. The number of aromatic nitrogens is 2. The number of aromatic amines is 1. The van der Waals surface area contributed by atoms with Crippen LogP contribution in [-0.2, 0) is 0 Å². The van der Waals surface area contributed by atoms with E-state index >= 15 is 0 Å². The number of rotatable bonds is 4. The summed E-state index contributed by atoms with van der Waals surface area (Å²) in [5.41, 5.74) is 0.687. The van der Waals surface area contributed by atoms with E-state index < -0.39 is 5.91 Å². The van der Waals surface area contributed by atoms with Crippen LogP contribution < -0.4 is 15.6 Å². The van der Waals surface area contributed by atoms with E-state index in [0.717, 1.165) is 5.75 Å². The average molecular weight is 357 g/mol. The molecule has 4 rings (SSSR count). The van der Waals surface area contributed by atoms with Gasteiger partial charge in [0.05, 0.1) is 10.9 Å². The Kier molecular flexibility index (Phi) is 4.37. The summed E-state index contributed by atoms with van der Waals surface area (Å²) >= 11 is 0. The van der Waals surface area contributed by atoms with Crippen molar-refractivity contribution in [3.8, 4) is 11.5 Å². The quantitative estimate of drug-likeness (QED) is 0.579. The van der Waals surface area contributed by atoms with Crippen LogP contribution in [0.25, 0.3) is 10.9 Å². The molecule has 6 nitrogen and oxygen atoms in total. The zero-order valence-corrected chi connectivity index (χ0v) is 14.2. The molecule has 1 aromatic heterocycles. The average Bonchev–Trinajstić information content (AvgIpc) is 2.70. The molecule has 0 aliphatic rings. The third kappa shape index (κ3) is 3.69. The van der Waals surface area contributed by atoms with Crippen molar-refractivity contribution in [3.05, 3.63) is 95.0 Å². The maximum Gasteiger partial charge on any atom is 0.291 e. The van der Waals surface area contributed by atoms with Crippen LogP contribution in [0.5, 0.6) is 11.5 Å². The number of anilines is 1. The number of carbonyl (C=O) groups excluding carboxylic acids is 1. The highest BCUT2D eigenvalue weighted by Crippen LogP contribution is 2.22. The maximum absolute atomic E-state index is 12.4. The van der Waals surface area contributed by atoms with Gasteiger partial charge in [-0.15, -0.1) is 0 Å². The van der Waals surface area contributed by atoms with Gasteiger partial charge in [-0.25, -0.2) is 4.98 Å². The van der Waals surface area contributed by atoms with Gasteiger partial charge in [0, 0.05) is 5.69 Å². The highest BCUT2D eigenvalue weighted by molar-refractivity contribution is 6.02. The number of hydrogen-bond acceptors (Lipinski definition) is 4. The van der Waals surface area contributed by atoms with Gasteiger partial charge in [0.1, 0.15) is 11.5 Å². The standard InChI is InChI=1S/C21H15N3O3/c25-20-17-8-4-5-9-18(17)23-19(24-20)21(26)22-14-10-12-16(13-11-14)27-15-6-2-1-3-7-15/h1-13H,(H,22,26)(H,23,24,25). The van der Waals surface area contributed by atoms with Gasteiger partial charge in [-0.1, -0.05) is 30.3 Å². The molecule has 0 saturated heterocycles. The number of amides is 1. The summed E-state index contributed by atoms with van der Waals surface area (Å²) in [5.74, 6) is 0.849.